The molecule has 2 saturated heterocycles. The summed E-state index contributed by atoms with van der Waals surface area (Å²) in [5.41, 5.74) is 1.24. The molecule has 2 aliphatic heterocycles. The molecule has 1 aromatic heterocycles. The molecule has 0 saturated carbocycles. The number of pyridine rings is 1. The van der Waals surface area contributed by atoms with Crippen molar-refractivity contribution >= 4 is 5.91 Å². The van der Waals surface area contributed by atoms with Crippen molar-refractivity contribution in [3.63, 3.8) is 0 Å². The Labute approximate surface area is 145 Å². The summed E-state index contributed by atoms with van der Waals surface area (Å²) < 4.78 is 5.70. The Balaban J connectivity index is 1.40. The second kappa shape index (κ2) is 8.58. The van der Waals surface area contributed by atoms with Crippen LogP contribution in [0.3, 0.4) is 0 Å². The zero-order valence-corrected chi connectivity index (χ0v) is 14.7. The Morgan fingerprint density at radius 2 is 2.33 bits per heavy atom. The van der Waals surface area contributed by atoms with Gasteiger partial charge in [-0.05, 0) is 50.3 Å². The van der Waals surface area contributed by atoms with Crippen molar-refractivity contribution in [1.82, 2.24) is 14.8 Å². The highest BCUT2D eigenvalue weighted by atomic mass is 16.5. The molecule has 0 unspecified atom stereocenters. The van der Waals surface area contributed by atoms with E-state index in [-0.39, 0.29) is 12.0 Å². The van der Waals surface area contributed by atoms with Crippen LogP contribution in [0.4, 0.5) is 0 Å². The molecule has 1 aromatic rings. The first-order chi connectivity index (χ1) is 11.7. The molecule has 1 amide bonds. The van der Waals surface area contributed by atoms with Crippen molar-refractivity contribution in [3.8, 4) is 0 Å². The molecule has 132 valence electrons. The van der Waals surface area contributed by atoms with Crippen LogP contribution in [0.1, 0.15) is 37.7 Å². The van der Waals surface area contributed by atoms with Gasteiger partial charge in [0, 0.05) is 45.2 Å². The maximum atomic E-state index is 12.5. The van der Waals surface area contributed by atoms with Gasteiger partial charge in [0.1, 0.15) is 0 Å². The zero-order chi connectivity index (χ0) is 16.8. The minimum atomic E-state index is 0.151. The lowest BCUT2D eigenvalue weighted by Crippen LogP contribution is -2.34. The van der Waals surface area contributed by atoms with Crippen LogP contribution in [0.5, 0.6) is 0 Å². The highest BCUT2D eigenvalue weighted by molar-refractivity contribution is 5.77. The number of hydrogen-bond donors (Lipinski definition) is 0. The number of carbonyl (C=O) groups is 1. The van der Waals surface area contributed by atoms with Crippen molar-refractivity contribution < 1.29 is 9.53 Å². The lowest BCUT2D eigenvalue weighted by atomic mass is 10.1. The molecule has 0 aromatic carbocycles. The molecule has 5 heteroatoms. The Bertz CT molecular complexity index is 517. The first-order valence-electron chi connectivity index (χ1n) is 9.17. The van der Waals surface area contributed by atoms with E-state index in [1.807, 2.05) is 17.2 Å². The van der Waals surface area contributed by atoms with E-state index >= 15 is 0 Å². The van der Waals surface area contributed by atoms with Gasteiger partial charge >= 0.3 is 0 Å². The standard InChI is InChI=1S/C19H29N3O2/c1-21(13-16-5-4-8-20-12-16)14-17-7-9-22(15-17)19(23)11-18-6-2-3-10-24-18/h4-5,8,12,17-18H,2-3,6-7,9-11,13-15H2,1H3/t17-,18-/m1/s1. The molecule has 2 fully saturated rings. The van der Waals surface area contributed by atoms with Crippen LogP contribution < -0.4 is 0 Å². The Hall–Kier alpha value is -1.46. The van der Waals surface area contributed by atoms with Crippen molar-refractivity contribution in [1.29, 1.82) is 0 Å². The third kappa shape index (κ3) is 5.02. The fraction of sp³-hybridized carbons (Fsp3) is 0.684. The van der Waals surface area contributed by atoms with Gasteiger partial charge in [-0.1, -0.05) is 6.07 Å². The smallest absolute Gasteiger partial charge is 0.225 e. The second-order valence-corrected chi connectivity index (χ2v) is 7.25. The summed E-state index contributed by atoms with van der Waals surface area (Å²) in [4.78, 5) is 21.0. The van der Waals surface area contributed by atoms with Crippen LogP contribution in [0.15, 0.2) is 24.5 Å². The molecule has 5 nitrogen and oxygen atoms in total. The van der Waals surface area contributed by atoms with Crippen LogP contribution in [-0.4, -0.2) is 60.1 Å². The van der Waals surface area contributed by atoms with Gasteiger partial charge in [0.15, 0.2) is 0 Å². The molecule has 2 aliphatic rings. The fourth-order valence-electron chi connectivity index (χ4n) is 3.81. The van der Waals surface area contributed by atoms with E-state index in [9.17, 15) is 4.79 Å². The molecule has 0 aliphatic carbocycles. The average molecular weight is 331 g/mol. The molecule has 24 heavy (non-hydrogen) atoms. The van der Waals surface area contributed by atoms with Crippen molar-refractivity contribution in [2.45, 2.75) is 44.8 Å². The quantitative estimate of drug-likeness (QED) is 0.802. The van der Waals surface area contributed by atoms with E-state index in [0.717, 1.165) is 52.0 Å². The third-order valence-electron chi connectivity index (χ3n) is 5.06. The molecule has 0 radical (unpaired) electrons. The summed E-state index contributed by atoms with van der Waals surface area (Å²) >= 11 is 0. The van der Waals surface area contributed by atoms with Crippen molar-refractivity contribution in [2.75, 3.05) is 33.3 Å². The number of likely N-dealkylation sites (tertiary alicyclic amines) is 1. The number of hydrogen-bond acceptors (Lipinski definition) is 4. The number of carbonyl (C=O) groups excluding carboxylic acids is 1. The number of rotatable bonds is 6. The van der Waals surface area contributed by atoms with Crippen LogP contribution in [0.2, 0.25) is 0 Å². The van der Waals surface area contributed by atoms with Gasteiger partial charge in [-0.25, -0.2) is 0 Å². The SMILES string of the molecule is CN(Cc1cccnc1)C[C@H]1CCN(C(=O)C[C@H]2CCCCO2)C1. The van der Waals surface area contributed by atoms with E-state index < -0.39 is 0 Å². The first kappa shape index (κ1) is 17.4. The van der Waals surface area contributed by atoms with E-state index in [1.165, 1.54) is 12.0 Å². The van der Waals surface area contributed by atoms with Gasteiger partial charge < -0.3 is 14.5 Å². The Kier molecular flexibility index (Phi) is 6.21. The summed E-state index contributed by atoms with van der Waals surface area (Å²) in [5, 5.41) is 0. The molecule has 0 bridgehead atoms. The van der Waals surface area contributed by atoms with Crippen LogP contribution in [-0.2, 0) is 16.1 Å². The van der Waals surface area contributed by atoms with Crippen molar-refractivity contribution in [3.05, 3.63) is 30.1 Å². The van der Waals surface area contributed by atoms with Crippen molar-refractivity contribution in [2.24, 2.45) is 5.92 Å². The van der Waals surface area contributed by atoms with Crippen LogP contribution >= 0.6 is 0 Å². The predicted molar refractivity (Wildman–Crippen MR) is 93.5 cm³/mol. The first-order valence-corrected chi connectivity index (χ1v) is 9.17. The lowest BCUT2D eigenvalue weighted by molar-refractivity contribution is -0.134. The lowest BCUT2D eigenvalue weighted by Gasteiger charge is -2.25. The highest BCUT2D eigenvalue weighted by Gasteiger charge is 2.29. The molecule has 0 spiro atoms. The molecule has 0 N–H and O–H groups in total. The normalized spacial score (nSPS) is 24.5. The highest BCUT2D eigenvalue weighted by Crippen LogP contribution is 2.21. The monoisotopic (exact) mass is 331 g/mol. The molecule has 2 atom stereocenters. The minimum absolute atomic E-state index is 0.151. The number of ether oxygens (including phenoxy) is 1. The summed E-state index contributed by atoms with van der Waals surface area (Å²) in [7, 11) is 2.15. The molecule has 3 rings (SSSR count). The van der Waals surface area contributed by atoms with Crippen LogP contribution in [0, 0.1) is 5.92 Å². The Morgan fingerprint density at radius 3 is 3.08 bits per heavy atom. The largest absolute Gasteiger partial charge is 0.378 e. The summed E-state index contributed by atoms with van der Waals surface area (Å²) in [6.45, 7) is 4.55. The summed E-state index contributed by atoms with van der Waals surface area (Å²) in [5.74, 6) is 0.849. The maximum absolute atomic E-state index is 12.5. The average Bonchev–Trinajstić information content (AvgIpc) is 3.05. The molecular weight excluding hydrogens is 302 g/mol. The van der Waals surface area contributed by atoms with E-state index in [0.29, 0.717) is 12.3 Å². The van der Waals surface area contributed by atoms with Gasteiger partial charge in [0.2, 0.25) is 5.91 Å². The van der Waals surface area contributed by atoms with Gasteiger partial charge in [0.05, 0.1) is 12.5 Å². The number of amides is 1. The van der Waals surface area contributed by atoms with Gasteiger partial charge in [-0.2, -0.15) is 0 Å². The summed E-state index contributed by atoms with van der Waals surface area (Å²) in [6, 6.07) is 4.09. The maximum Gasteiger partial charge on any atom is 0.225 e. The third-order valence-corrected chi connectivity index (χ3v) is 5.06. The van der Waals surface area contributed by atoms with E-state index in [2.05, 4.69) is 23.0 Å². The second-order valence-electron chi connectivity index (χ2n) is 7.25. The topological polar surface area (TPSA) is 45.7 Å². The van der Waals surface area contributed by atoms with E-state index in [4.69, 9.17) is 4.74 Å². The Morgan fingerprint density at radius 1 is 1.42 bits per heavy atom. The van der Waals surface area contributed by atoms with E-state index in [1.54, 1.807) is 6.20 Å². The van der Waals surface area contributed by atoms with Gasteiger partial charge in [-0.15, -0.1) is 0 Å². The van der Waals surface area contributed by atoms with Gasteiger partial charge in [0.25, 0.3) is 0 Å². The van der Waals surface area contributed by atoms with Crippen LogP contribution in [0.25, 0.3) is 0 Å². The minimum Gasteiger partial charge on any atom is -0.378 e. The number of nitrogens with zero attached hydrogens (tertiary/aromatic N) is 3. The van der Waals surface area contributed by atoms with Gasteiger partial charge in [-0.3, -0.25) is 9.78 Å². The fourth-order valence-corrected chi connectivity index (χ4v) is 3.81. The predicted octanol–water partition coefficient (Wildman–Crippen LogP) is 2.32. The molecular formula is C19H29N3O2. The molecule has 3 heterocycles. The summed E-state index contributed by atoms with van der Waals surface area (Å²) in [6.07, 6.45) is 8.92. The zero-order valence-electron chi connectivity index (χ0n) is 14.7. The number of aromatic nitrogens is 1.